The fourth-order valence-corrected chi connectivity index (χ4v) is 5.58. The van der Waals surface area contributed by atoms with E-state index in [9.17, 15) is 19.2 Å². The van der Waals surface area contributed by atoms with Gasteiger partial charge in [-0.1, -0.05) is 44.2 Å². The lowest BCUT2D eigenvalue weighted by molar-refractivity contribution is -0.840. The second-order valence-corrected chi connectivity index (χ2v) is 10.7. The van der Waals surface area contributed by atoms with Crippen LogP contribution in [0.1, 0.15) is 50.2 Å². The molecule has 38 heavy (non-hydrogen) atoms. The van der Waals surface area contributed by atoms with E-state index in [-0.39, 0.29) is 22.4 Å². The molecule has 2 aliphatic rings. The zero-order chi connectivity index (χ0) is 27.7. The molecule has 12 heteroatoms. The van der Waals surface area contributed by atoms with Gasteiger partial charge in [-0.25, -0.2) is 14.6 Å². The summed E-state index contributed by atoms with van der Waals surface area (Å²) < 4.78 is 11.7. The van der Waals surface area contributed by atoms with Gasteiger partial charge < -0.3 is 24.3 Å². The van der Waals surface area contributed by atoms with E-state index < -0.39 is 54.5 Å². The van der Waals surface area contributed by atoms with Gasteiger partial charge in [-0.3, -0.25) is 14.6 Å². The van der Waals surface area contributed by atoms with E-state index in [1.807, 2.05) is 44.2 Å². The molecule has 0 spiro atoms. The lowest BCUT2D eigenvalue weighted by atomic mass is 9.57. The first-order valence-electron chi connectivity index (χ1n) is 12.9. The molecule has 3 heterocycles. The Bertz CT molecular complexity index is 1190. The SMILES string of the molecule is CC(C)C[C@H](NC(=O)[C@H](Cc1ccccc1)NC(=O)c1cnccn1)[B-]12OC(=O)[C@@H](C)[N+]1(C)[C@@H](C)C(=O)O2. The van der Waals surface area contributed by atoms with Crippen LogP contribution in [0.25, 0.3) is 0 Å². The molecule has 2 aliphatic heterocycles. The van der Waals surface area contributed by atoms with Crippen molar-refractivity contribution in [2.45, 2.75) is 64.6 Å². The van der Waals surface area contributed by atoms with Crippen molar-refractivity contribution in [3.05, 3.63) is 60.2 Å². The summed E-state index contributed by atoms with van der Waals surface area (Å²) in [6.45, 7) is 4.73. The summed E-state index contributed by atoms with van der Waals surface area (Å²) in [5.74, 6) is -2.75. The lowest BCUT2D eigenvalue weighted by Crippen LogP contribution is -2.74. The highest BCUT2D eigenvalue weighted by atomic mass is 16.7. The molecule has 2 unspecified atom stereocenters. The molecule has 202 valence electrons. The number of nitrogens with one attached hydrogen (secondary N) is 2. The molecule has 0 saturated carbocycles. The fraction of sp³-hybridized carbons (Fsp3) is 0.462. The highest BCUT2D eigenvalue weighted by molar-refractivity contribution is 6.68. The van der Waals surface area contributed by atoms with Gasteiger partial charge in [-0.05, 0) is 31.7 Å². The highest BCUT2D eigenvalue weighted by Gasteiger charge is 2.74. The van der Waals surface area contributed by atoms with Crippen molar-refractivity contribution in [1.82, 2.24) is 20.6 Å². The first-order valence-corrected chi connectivity index (χ1v) is 12.9. The zero-order valence-corrected chi connectivity index (χ0v) is 22.3. The summed E-state index contributed by atoms with van der Waals surface area (Å²) in [6.07, 6.45) is 4.75. The number of quaternary nitrogens is 1. The van der Waals surface area contributed by atoms with Crippen LogP contribution in [0.15, 0.2) is 48.9 Å². The maximum atomic E-state index is 13.8. The Kier molecular flexibility index (Phi) is 7.55. The molecule has 2 fully saturated rings. The topological polar surface area (TPSA) is 137 Å². The van der Waals surface area contributed by atoms with Crippen molar-refractivity contribution >= 4 is 30.4 Å². The van der Waals surface area contributed by atoms with Gasteiger partial charge in [0.1, 0.15) is 23.8 Å². The molecule has 1 aromatic carbocycles. The monoisotopic (exact) mass is 523 g/mol. The van der Waals surface area contributed by atoms with Crippen molar-refractivity contribution in [2.75, 3.05) is 7.05 Å². The minimum absolute atomic E-state index is 0.0657. The number of carbonyl (C=O) groups excluding carboxylic acids is 4. The predicted octanol–water partition coefficient (Wildman–Crippen LogP) is 1.16. The molecule has 2 amide bonds. The molecule has 2 saturated heterocycles. The maximum absolute atomic E-state index is 13.8. The third-order valence-corrected chi connectivity index (χ3v) is 7.96. The van der Waals surface area contributed by atoms with Crippen molar-refractivity contribution in [2.24, 2.45) is 5.92 Å². The Hall–Kier alpha value is -3.80. The number of hydrogen-bond acceptors (Lipinski definition) is 8. The van der Waals surface area contributed by atoms with Gasteiger partial charge in [0.15, 0.2) is 0 Å². The van der Waals surface area contributed by atoms with Gasteiger partial charge in [0.2, 0.25) is 5.91 Å². The van der Waals surface area contributed by atoms with Crippen LogP contribution in [-0.4, -0.2) is 75.9 Å². The molecule has 11 nitrogen and oxygen atoms in total. The number of likely N-dealkylation sites (N-methyl/N-ethyl adjacent to an activating group) is 1. The van der Waals surface area contributed by atoms with Crippen LogP contribution in [-0.2, 0) is 30.1 Å². The molecule has 4 rings (SSSR count). The van der Waals surface area contributed by atoms with E-state index in [1.54, 1.807) is 20.9 Å². The molecular weight excluding hydrogens is 489 g/mol. The summed E-state index contributed by atoms with van der Waals surface area (Å²) in [6, 6.07) is 6.98. The van der Waals surface area contributed by atoms with E-state index in [1.165, 1.54) is 18.6 Å². The number of amides is 2. The Morgan fingerprint density at radius 1 is 1.03 bits per heavy atom. The Morgan fingerprint density at radius 2 is 1.66 bits per heavy atom. The molecule has 0 aliphatic carbocycles. The number of aromatic nitrogens is 2. The lowest BCUT2D eigenvalue weighted by Gasteiger charge is -2.49. The minimum Gasteiger partial charge on any atom is -0.599 e. The summed E-state index contributed by atoms with van der Waals surface area (Å²) in [7, 11) is 1.77. The molecule has 1 aromatic heterocycles. The third kappa shape index (κ3) is 4.76. The average Bonchev–Trinajstić information content (AvgIpc) is 3.21. The largest absolute Gasteiger partial charge is 0.605 e. The predicted molar refractivity (Wildman–Crippen MR) is 138 cm³/mol. The van der Waals surface area contributed by atoms with Crippen molar-refractivity contribution in [3.63, 3.8) is 0 Å². The van der Waals surface area contributed by atoms with Crippen LogP contribution in [0.2, 0.25) is 0 Å². The number of benzene rings is 1. The third-order valence-electron chi connectivity index (χ3n) is 7.96. The van der Waals surface area contributed by atoms with Crippen molar-refractivity contribution < 1.29 is 32.9 Å². The average molecular weight is 523 g/mol. The maximum Gasteiger partial charge on any atom is 0.605 e. The summed E-state index contributed by atoms with van der Waals surface area (Å²) in [4.78, 5) is 60.3. The van der Waals surface area contributed by atoms with E-state index in [4.69, 9.17) is 9.31 Å². The summed E-state index contributed by atoms with van der Waals surface area (Å²) in [5, 5.41) is 5.77. The quantitative estimate of drug-likeness (QED) is 0.468. The second-order valence-electron chi connectivity index (χ2n) is 10.7. The number of hydrogen-bond donors (Lipinski definition) is 2. The van der Waals surface area contributed by atoms with Gasteiger partial charge >= 0.3 is 18.6 Å². The Morgan fingerprint density at radius 3 is 2.21 bits per heavy atom. The second kappa shape index (κ2) is 10.5. The van der Waals surface area contributed by atoms with Crippen LogP contribution in [0.4, 0.5) is 0 Å². The molecule has 0 radical (unpaired) electrons. The number of fused-ring (bicyclic) bond motifs is 1. The normalized spacial score (nSPS) is 27.7. The van der Waals surface area contributed by atoms with Crippen LogP contribution in [0, 0.1) is 5.92 Å². The standard InChI is InChI=1S/C26H34BN5O6/c1-16(2)13-22(27-32(5,17(3)25(35)37-27)18(4)26(36)38-27)31-23(33)20(14-19-9-7-6-8-10-19)30-24(34)21-15-28-11-12-29-21/h6-12,15-18,20,22H,13-14H2,1-5H3,(H,30,34)(H,31,33)/t17-,18+,20-,22-,27?,32?/m0/s1. The number of carbonyl (C=O) groups is 4. The smallest absolute Gasteiger partial charge is 0.599 e. The van der Waals surface area contributed by atoms with Crippen molar-refractivity contribution in [1.29, 1.82) is 0 Å². The number of rotatable bonds is 9. The van der Waals surface area contributed by atoms with Gasteiger partial charge in [0.05, 0.1) is 12.1 Å². The molecule has 2 aromatic rings. The number of nitrogens with zero attached hydrogens (tertiary/aromatic N) is 3. The zero-order valence-electron chi connectivity index (χ0n) is 22.3. The van der Waals surface area contributed by atoms with Crippen LogP contribution in [0.3, 0.4) is 0 Å². The molecular formula is C26H34BN5O6. The van der Waals surface area contributed by atoms with Crippen LogP contribution >= 0.6 is 0 Å². The van der Waals surface area contributed by atoms with Gasteiger partial charge in [0.25, 0.3) is 5.91 Å². The summed E-state index contributed by atoms with van der Waals surface area (Å²) in [5.41, 5.74) is 0.903. The van der Waals surface area contributed by atoms with Crippen LogP contribution < -0.4 is 10.6 Å². The van der Waals surface area contributed by atoms with E-state index in [2.05, 4.69) is 20.6 Å². The summed E-state index contributed by atoms with van der Waals surface area (Å²) >= 11 is 0. The minimum atomic E-state index is -2.61. The fourth-order valence-electron chi connectivity index (χ4n) is 5.58. The van der Waals surface area contributed by atoms with Gasteiger partial charge in [0, 0.05) is 25.9 Å². The van der Waals surface area contributed by atoms with E-state index >= 15 is 0 Å². The van der Waals surface area contributed by atoms with E-state index in [0.717, 1.165) is 5.56 Å². The first-order chi connectivity index (χ1) is 18.0. The Labute approximate surface area is 221 Å². The van der Waals surface area contributed by atoms with E-state index in [0.29, 0.717) is 6.42 Å². The van der Waals surface area contributed by atoms with Crippen LogP contribution in [0.5, 0.6) is 0 Å². The molecule has 2 N–H and O–H groups in total. The van der Waals surface area contributed by atoms with Crippen molar-refractivity contribution in [3.8, 4) is 0 Å². The molecule has 0 bridgehead atoms. The molecule has 6 atom stereocenters. The highest BCUT2D eigenvalue weighted by Crippen LogP contribution is 2.44. The first kappa shape index (κ1) is 27.2. The van der Waals surface area contributed by atoms with Gasteiger partial charge in [-0.2, -0.15) is 0 Å². The Balaban J connectivity index is 1.67. The van der Waals surface area contributed by atoms with Gasteiger partial charge in [-0.15, -0.1) is 0 Å².